The highest BCUT2D eigenvalue weighted by Crippen LogP contribution is 2.28. The molecule has 2 aromatic carbocycles. The van der Waals surface area contributed by atoms with Gasteiger partial charge in [0.05, 0.1) is 18.4 Å². The SMILES string of the molecule is COC(=O)c1ccc(NS(=O)(=O)C(F)(F)F)c(/C=C/c2ccccc2)c1. The first-order valence-corrected chi connectivity index (χ1v) is 8.67. The topological polar surface area (TPSA) is 72.5 Å². The lowest BCUT2D eigenvalue weighted by molar-refractivity contribution is -0.0429. The van der Waals surface area contributed by atoms with Crippen molar-refractivity contribution in [1.29, 1.82) is 0 Å². The Labute approximate surface area is 148 Å². The van der Waals surface area contributed by atoms with E-state index in [1.54, 1.807) is 36.4 Å². The molecule has 2 rings (SSSR count). The quantitative estimate of drug-likeness (QED) is 0.626. The number of rotatable bonds is 5. The van der Waals surface area contributed by atoms with Crippen molar-refractivity contribution >= 4 is 33.8 Å². The number of halogens is 3. The van der Waals surface area contributed by atoms with Crippen LogP contribution >= 0.6 is 0 Å². The summed E-state index contributed by atoms with van der Waals surface area (Å²) in [6, 6.07) is 12.3. The van der Waals surface area contributed by atoms with Crippen LogP contribution in [-0.2, 0) is 14.8 Å². The molecule has 9 heteroatoms. The average molecular weight is 385 g/mol. The second-order valence-corrected chi connectivity index (χ2v) is 6.76. The molecule has 0 atom stereocenters. The molecule has 138 valence electrons. The van der Waals surface area contributed by atoms with Gasteiger partial charge in [0.1, 0.15) is 0 Å². The zero-order chi connectivity index (χ0) is 19.4. The summed E-state index contributed by atoms with van der Waals surface area (Å²) in [5.74, 6) is -0.704. The number of nitrogens with one attached hydrogen (secondary N) is 1. The molecule has 5 nitrogen and oxygen atoms in total. The second kappa shape index (κ2) is 7.61. The highest BCUT2D eigenvalue weighted by atomic mass is 32.2. The van der Waals surface area contributed by atoms with Gasteiger partial charge >= 0.3 is 21.5 Å². The molecule has 26 heavy (non-hydrogen) atoms. The van der Waals surface area contributed by atoms with Gasteiger partial charge in [-0.2, -0.15) is 21.6 Å². The van der Waals surface area contributed by atoms with E-state index in [1.807, 2.05) is 0 Å². The van der Waals surface area contributed by atoms with E-state index in [0.717, 1.165) is 18.7 Å². The summed E-state index contributed by atoms with van der Waals surface area (Å²) in [4.78, 5) is 11.6. The molecule has 0 saturated carbocycles. The molecule has 0 aliphatic rings. The Balaban J connectivity index is 2.47. The van der Waals surface area contributed by atoms with E-state index < -0.39 is 21.5 Å². The van der Waals surface area contributed by atoms with E-state index in [4.69, 9.17) is 0 Å². The molecule has 0 aliphatic heterocycles. The van der Waals surface area contributed by atoms with Crippen LogP contribution < -0.4 is 4.72 Å². The first kappa shape index (κ1) is 19.5. The van der Waals surface area contributed by atoms with Gasteiger partial charge < -0.3 is 4.74 Å². The van der Waals surface area contributed by atoms with E-state index in [0.29, 0.717) is 0 Å². The van der Waals surface area contributed by atoms with Crippen LogP contribution in [0.2, 0.25) is 0 Å². The van der Waals surface area contributed by atoms with Crippen LogP contribution in [0.4, 0.5) is 18.9 Å². The van der Waals surface area contributed by atoms with Crippen molar-refractivity contribution in [2.45, 2.75) is 5.51 Å². The number of ether oxygens (including phenoxy) is 1. The van der Waals surface area contributed by atoms with Gasteiger partial charge in [0.15, 0.2) is 0 Å². The van der Waals surface area contributed by atoms with Crippen molar-refractivity contribution in [3.8, 4) is 0 Å². The fraction of sp³-hybridized carbons (Fsp3) is 0.118. The standard InChI is InChI=1S/C17H14F3NO4S/c1-25-16(22)14-9-10-15(21-26(23,24)17(18,19)20)13(11-14)8-7-12-5-3-2-4-6-12/h2-11,21H,1H3/b8-7+. The minimum atomic E-state index is -5.59. The zero-order valence-electron chi connectivity index (χ0n) is 13.4. The predicted octanol–water partition coefficient (Wildman–Crippen LogP) is 3.91. The Kier molecular flexibility index (Phi) is 5.71. The molecule has 0 amide bonds. The number of esters is 1. The predicted molar refractivity (Wildman–Crippen MR) is 91.7 cm³/mol. The Morgan fingerprint density at radius 3 is 2.31 bits per heavy atom. The summed E-state index contributed by atoms with van der Waals surface area (Å²) in [6.07, 6.45) is 2.97. The number of carbonyl (C=O) groups excluding carboxylic acids is 1. The summed E-state index contributed by atoms with van der Waals surface area (Å²) >= 11 is 0. The van der Waals surface area contributed by atoms with Crippen molar-refractivity contribution < 1.29 is 31.1 Å². The lowest BCUT2D eigenvalue weighted by atomic mass is 10.1. The Bertz CT molecular complexity index is 923. The lowest BCUT2D eigenvalue weighted by Gasteiger charge is -2.13. The number of hydrogen-bond donors (Lipinski definition) is 1. The number of hydrogen-bond acceptors (Lipinski definition) is 4. The van der Waals surface area contributed by atoms with Crippen molar-refractivity contribution in [2.75, 3.05) is 11.8 Å². The smallest absolute Gasteiger partial charge is 0.465 e. The van der Waals surface area contributed by atoms with Gasteiger partial charge in [0.2, 0.25) is 0 Å². The van der Waals surface area contributed by atoms with Crippen molar-refractivity contribution in [3.63, 3.8) is 0 Å². The maximum Gasteiger partial charge on any atom is 0.516 e. The van der Waals surface area contributed by atoms with Crippen LogP contribution in [0.15, 0.2) is 48.5 Å². The van der Waals surface area contributed by atoms with Crippen molar-refractivity contribution in [2.24, 2.45) is 0 Å². The largest absolute Gasteiger partial charge is 0.516 e. The third-order valence-corrected chi connectivity index (χ3v) is 4.37. The molecular weight excluding hydrogens is 371 g/mol. The Morgan fingerprint density at radius 1 is 1.08 bits per heavy atom. The molecule has 1 N–H and O–H groups in total. The fourth-order valence-corrected chi connectivity index (χ4v) is 2.58. The van der Waals surface area contributed by atoms with Gasteiger partial charge in [0.25, 0.3) is 0 Å². The van der Waals surface area contributed by atoms with Gasteiger partial charge in [-0.15, -0.1) is 0 Å². The Hall–Kier alpha value is -2.81. The molecule has 0 bridgehead atoms. The van der Waals surface area contributed by atoms with Crippen molar-refractivity contribution in [1.82, 2.24) is 0 Å². The normalized spacial score (nSPS) is 12.2. The molecule has 0 radical (unpaired) electrons. The summed E-state index contributed by atoms with van der Waals surface area (Å²) in [5.41, 5.74) is -4.91. The van der Waals surface area contributed by atoms with E-state index in [2.05, 4.69) is 4.74 Å². The minimum absolute atomic E-state index is 0.0650. The lowest BCUT2D eigenvalue weighted by Crippen LogP contribution is -2.30. The maximum atomic E-state index is 12.6. The average Bonchev–Trinajstić information content (AvgIpc) is 2.59. The fourth-order valence-electron chi connectivity index (χ4n) is 1.99. The van der Waals surface area contributed by atoms with Crippen LogP contribution in [0.5, 0.6) is 0 Å². The molecule has 0 aliphatic carbocycles. The molecule has 0 spiro atoms. The molecule has 0 heterocycles. The first-order valence-electron chi connectivity index (χ1n) is 7.18. The van der Waals surface area contributed by atoms with E-state index in [9.17, 15) is 26.4 Å². The van der Waals surface area contributed by atoms with Gasteiger partial charge in [-0.05, 0) is 29.3 Å². The van der Waals surface area contributed by atoms with Gasteiger partial charge in [-0.25, -0.2) is 4.79 Å². The van der Waals surface area contributed by atoms with Crippen LogP contribution in [0.3, 0.4) is 0 Å². The number of methoxy groups -OCH3 is 1. The molecule has 0 saturated heterocycles. The van der Waals surface area contributed by atoms with Crippen LogP contribution in [-0.4, -0.2) is 27.0 Å². The minimum Gasteiger partial charge on any atom is -0.465 e. The third-order valence-electron chi connectivity index (χ3n) is 3.28. The number of sulfonamides is 1. The molecule has 0 unspecified atom stereocenters. The van der Waals surface area contributed by atoms with Crippen molar-refractivity contribution in [3.05, 3.63) is 65.2 Å². The molecular formula is C17H14F3NO4S. The van der Waals surface area contributed by atoms with Gasteiger partial charge in [-0.1, -0.05) is 42.5 Å². The number of benzene rings is 2. The van der Waals surface area contributed by atoms with Gasteiger partial charge in [-0.3, -0.25) is 4.72 Å². The van der Waals surface area contributed by atoms with E-state index in [-0.39, 0.29) is 16.8 Å². The number of anilines is 1. The van der Waals surface area contributed by atoms with Gasteiger partial charge in [0, 0.05) is 0 Å². The van der Waals surface area contributed by atoms with E-state index >= 15 is 0 Å². The maximum absolute atomic E-state index is 12.6. The van der Waals surface area contributed by atoms with Crippen LogP contribution in [0.25, 0.3) is 12.2 Å². The summed E-state index contributed by atoms with van der Waals surface area (Å²) in [6.45, 7) is 0. The zero-order valence-corrected chi connectivity index (χ0v) is 14.3. The van der Waals surface area contributed by atoms with E-state index in [1.165, 1.54) is 22.9 Å². The monoisotopic (exact) mass is 385 g/mol. The molecule has 0 aromatic heterocycles. The Morgan fingerprint density at radius 2 is 1.73 bits per heavy atom. The molecule has 2 aromatic rings. The highest BCUT2D eigenvalue weighted by Gasteiger charge is 2.46. The second-order valence-electron chi connectivity index (χ2n) is 5.09. The number of carbonyl (C=O) groups is 1. The summed E-state index contributed by atoms with van der Waals surface area (Å²) in [5, 5.41) is 0. The van der Waals surface area contributed by atoms with Crippen LogP contribution in [0.1, 0.15) is 21.5 Å². The van der Waals surface area contributed by atoms with Crippen LogP contribution in [0, 0.1) is 0 Å². The third kappa shape index (κ3) is 4.63. The number of alkyl halides is 3. The summed E-state index contributed by atoms with van der Waals surface area (Å²) < 4.78 is 66.7. The molecule has 0 fully saturated rings. The first-order chi connectivity index (χ1) is 12.1. The summed E-state index contributed by atoms with van der Waals surface area (Å²) in [7, 11) is -4.44. The highest BCUT2D eigenvalue weighted by molar-refractivity contribution is 7.93.